The predicted molar refractivity (Wildman–Crippen MR) is 88.9 cm³/mol. The fraction of sp³-hybridized carbons (Fsp3) is 0.312. The van der Waals surface area contributed by atoms with Crippen LogP contribution in [0.4, 0.5) is 0 Å². The van der Waals surface area contributed by atoms with Gasteiger partial charge in [0.05, 0.1) is 13.7 Å². The number of hydrogen-bond donors (Lipinski definition) is 3. The van der Waals surface area contributed by atoms with Crippen LogP contribution < -0.4 is 11.1 Å². The first-order chi connectivity index (χ1) is 11.9. The third-order valence-corrected chi connectivity index (χ3v) is 3.66. The molecule has 1 aromatic heterocycles. The van der Waals surface area contributed by atoms with Crippen LogP contribution in [0.5, 0.6) is 0 Å². The molecule has 2 aromatic rings. The number of benzene rings is 1. The Morgan fingerprint density at radius 1 is 1.40 bits per heavy atom. The molecule has 25 heavy (non-hydrogen) atoms. The van der Waals surface area contributed by atoms with E-state index in [0.717, 1.165) is 11.8 Å². The molecule has 134 valence electrons. The number of carbonyl (C=O) groups excluding carboxylic acids is 2. The van der Waals surface area contributed by atoms with Gasteiger partial charge in [0.25, 0.3) is 5.91 Å². The zero-order chi connectivity index (χ0) is 18.4. The summed E-state index contributed by atoms with van der Waals surface area (Å²) in [5, 5.41) is 12.1. The van der Waals surface area contributed by atoms with Crippen molar-refractivity contribution >= 4 is 23.5 Å². The Hall–Kier alpha value is -2.42. The van der Waals surface area contributed by atoms with E-state index in [2.05, 4.69) is 10.3 Å². The summed E-state index contributed by atoms with van der Waals surface area (Å²) in [7, 11) is 1.23. The quantitative estimate of drug-likeness (QED) is 0.618. The van der Waals surface area contributed by atoms with Crippen LogP contribution in [-0.4, -0.2) is 41.7 Å². The number of esters is 1. The zero-order valence-electron chi connectivity index (χ0n) is 13.4. The molecule has 2 unspecified atom stereocenters. The molecule has 0 bridgehead atoms. The summed E-state index contributed by atoms with van der Waals surface area (Å²) >= 11 is 5.83. The fourth-order valence-corrected chi connectivity index (χ4v) is 2.19. The van der Waals surface area contributed by atoms with Crippen LogP contribution in [0.2, 0.25) is 5.02 Å². The number of hydrogen-bond acceptors (Lipinski definition) is 7. The summed E-state index contributed by atoms with van der Waals surface area (Å²) in [5.74, 6) is -1.19. The smallest absolute Gasteiger partial charge is 0.328 e. The molecule has 4 N–H and O–H groups in total. The van der Waals surface area contributed by atoms with Crippen LogP contribution in [0.25, 0.3) is 0 Å². The molecule has 8 nitrogen and oxygen atoms in total. The molecular formula is C16H18ClN3O5. The van der Waals surface area contributed by atoms with Gasteiger partial charge in [0, 0.05) is 11.4 Å². The van der Waals surface area contributed by atoms with Gasteiger partial charge in [-0.25, -0.2) is 9.78 Å². The van der Waals surface area contributed by atoms with Gasteiger partial charge in [-0.15, -0.1) is 0 Å². The van der Waals surface area contributed by atoms with E-state index in [1.807, 2.05) is 0 Å². The predicted octanol–water partition coefficient (Wildman–Crippen LogP) is 0.834. The normalized spacial score (nSPS) is 13.1. The van der Waals surface area contributed by atoms with Gasteiger partial charge in [-0.2, -0.15) is 0 Å². The minimum Gasteiger partial charge on any atom is -0.467 e. The molecule has 1 heterocycles. The maximum atomic E-state index is 12.3. The molecule has 1 amide bonds. The average molecular weight is 368 g/mol. The number of nitrogens with zero attached hydrogens (tertiary/aromatic N) is 1. The van der Waals surface area contributed by atoms with Crippen molar-refractivity contribution in [1.29, 1.82) is 0 Å². The van der Waals surface area contributed by atoms with E-state index in [1.54, 1.807) is 24.3 Å². The van der Waals surface area contributed by atoms with Crippen LogP contribution in [0.3, 0.4) is 0 Å². The van der Waals surface area contributed by atoms with Crippen LogP contribution in [-0.2, 0) is 16.0 Å². The van der Waals surface area contributed by atoms with Gasteiger partial charge in [0.15, 0.2) is 5.69 Å². The van der Waals surface area contributed by atoms with Gasteiger partial charge in [-0.05, 0) is 17.7 Å². The Bertz CT molecular complexity index is 732. The number of halogens is 1. The third-order valence-electron chi connectivity index (χ3n) is 3.41. The Morgan fingerprint density at radius 3 is 2.68 bits per heavy atom. The maximum absolute atomic E-state index is 12.3. The van der Waals surface area contributed by atoms with Crippen LogP contribution in [0.15, 0.2) is 34.9 Å². The van der Waals surface area contributed by atoms with E-state index < -0.39 is 24.0 Å². The highest BCUT2D eigenvalue weighted by Crippen LogP contribution is 2.13. The average Bonchev–Trinajstić information content (AvgIpc) is 3.11. The Labute approximate surface area is 148 Å². The van der Waals surface area contributed by atoms with E-state index in [0.29, 0.717) is 5.02 Å². The van der Waals surface area contributed by atoms with E-state index in [4.69, 9.17) is 31.6 Å². The molecule has 9 heteroatoms. The number of nitrogens with two attached hydrogens (primary N) is 1. The van der Waals surface area contributed by atoms with Crippen molar-refractivity contribution in [3.8, 4) is 0 Å². The summed E-state index contributed by atoms with van der Waals surface area (Å²) in [6.45, 7) is -0.372. The molecule has 0 aliphatic rings. The molecule has 0 aliphatic heterocycles. The fourth-order valence-electron chi connectivity index (χ4n) is 2.06. The largest absolute Gasteiger partial charge is 0.467 e. The van der Waals surface area contributed by atoms with E-state index in [9.17, 15) is 9.59 Å². The number of aromatic nitrogens is 1. The first-order valence-electron chi connectivity index (χ1n) is 7.39. The number of rotatable bonds is 7. The van der Waals surface area contributed by atoms with Crippen LogP contribution >= 0.6 is 11.6 Å². The number of nitrogens with one attached hydrogen (secondary N) is 1. The highest BCUT2D eigenvalue weighted by molar-refractivity contribution is 6.30. The van der Waals surface area contributed by atoms with Gasteiger partial charge in [-0.3, -0.25) is 4.79 Å². The Morgan fingerprint density at radius 2 is 2.08 bits per heavy atom. The SMILES string of the molecule is COC(=O)C(Cc1ccc(Cl)cc1)NC(=O)c1coc(C(N)CO)n1. The first-order valence-corrected chi connectivity index (χ1v) is 7.77. The highest BCUT2D eigenvalue weighted by atomic mass is 35.5. The molecule has 2 atom stereocenters. The summed E-state index contributed by atoms with van der Waals surface area (Å²) in [6, 6.07) is 5.13. The van der Waals surface area contributed by atoms with Crippen molar-refractivity contribution in [3.05, 3.63) is 52.7 Å². The van der Waals surface area contributed by atoms with Crippen LogP contribution in [0, 0.1) is 0 Å². The highest BCUT2D eigenvalue weighted by Gasteiger charge is 2.25. The zero-order valence-corrected chi connectivity index (χ0v) is 14.2. The van der Waals surface area contributed by atoms with Crippen molar-refractivity contribution < 1.29 is 23.8 Å². The molecule has 0 aliphatic carbocycles. The number of oxazole rings is 1. The van der Waals surface area contributed by atoms with Gasteiger partial charge in [0.1, 0.15) is 18.3 Å². The van der Waals surface area contributed by atoms with Gasteiger partial charge >= 0.3 is 5.97 Å². The number of methoxy groups -OCH3 is 1. The minimum atomic E-state index is -0.912. The number of ether oxygens (including phenoxy) is 1. The lowest BCUT2D eigenvalue weighted by Crippen LogP contribution is -2.43. The van der Waals surface area contributed by atoms with Crippen molar-refractivity contribution in [1.82, 2.24) is 10.3 Å². The van der Waals surface area contributed by atoms with Crippen LogP contribution in [0.1, 0.15) is 28.0 Å². The summed E-state index contributed by atoms with van der Waals surface area (Å²) in [4.78, 5) is 28.1. The van der Waals surface area contributed by atoms with Gasteiger partial charge in [-0.1, -0.05) is 23.7 Å². The van der Waals surface area contributed by atoms with E-state index in [1.165, 1.54) is 7.11 Å². The molecular weight excluding hydrogens is 350 g/mol. The third kappa shape index (κ3) is 5.02. The maximum Gasteiger partial charge on any atom is 0.328 e. The number of aliphatic hydroxyl groups excluding tert-OH is 1. The van der Waals surface area contributed by atoms with Crippen molar-refractivity contribution in [2.75, 3.05) is 13.7 Å². The number of carbonyl (C=O) groups is 2. The second-order valence-corrected chi connectivity index (χ2v) is 5.68. The van der Waals surface area contributed by atoms with Crippen molar-refractivity contribution in [3.63, 3.8) is 0 Å². The lowest BCUT2D eigenvalue weighted by atomic mass is 10.1. The van der Waals surface area contributed by atoms with E-state index >= 15 is 0 Å². The number of aliphatic hydroxyl groups is 1. The van der Waals surface area contributed by atoms with Crippen molar-refractivity contribution in [2.24, 2.45) is 5.73 Å². The molecule has 0 radical (unpaired) electrons. The molecule has 0 saturated heterocycles. The lowest BCUT2D eigenvalue weighted by molar-refractivity contribution is -0.142. The summed E-state index contributed by atoms with van der Waals surface area (Å²) in [5.41, 5.74) is 6.31. The standard InChI is InChI=1S/C16H18ClN3O5/c1-24-16(23)12(6-9-2-4-10(17)5-3-9)19-14(22)13-8-25-15(20-13)11(18)7-21/h2-5,8,11-12,21H,6-7,18H2,1H3,(H,19,22). The second-order valence-electron chi connectivity index (χ2n) is 5.24. The van der Waals surface area contributed by atoms with E-state index in [-0.39, 0.29) is 24.6 Å². The first kappa shape index (κ1) is 18.9. The monoisotopic (exact) mass is 367 g/mol. The van der Waals surface area contributed by atoms with Crippen molar-refractivity contribution in [2.45, 2.75) is 18.5 Å². The molecule has 0 fully saturated rings. The summed E-state index contributed by atoms with van der Waals surface area (Å²) < 4.78 is 9.78. The lowest BCUT2D eigenvalue weighted by Gasteiger charge is -2.16. The number of amides is 1. The molecule has 0 saturated carbocycles. The Balaban J connectivity index is 2.10. The summed E-state index contributed by atoms with van der Waals surface area (Å²) in [6.07, 6.45) is 1.33. The molecule has 0 spiro atoms. The molecule has 1 aromatic carbocycles. The van der Waals surface area contributed by atoms with Gasteiger partial charge < -0.3 is 25.3 Å². The Kier molecular flexibility index (Phi) is 6.51. The minimum absolute atomic E-state index is 0.0277. The topological polar surface area (TPSA) is 128 Å². The molecule has 2 rings (SSSR count). The van der Waals surface area contributed by atoms with Gasteiger partial charge in [0.2, 0.25) is 5.89 Å². The second kappa shape index (κ2) is 8.61.